The highest BCUT2D eigenvalue weighted by Crippen LogP contribution is 2.31. The first-order valence-electron chi connectivity index (χ1n) is 11.4. The van der Waals surface area contributed by atoms with Gasteiger partial charge in [-0.25, -0.2) is 4.68 Å². The van der Waals surface area contributed by atoms with Gasteiger partial charge in [-0.1, -0.05) is 49.6 Å². The molecule has 1 heterocycles. The van der Waals surface area contributed by atoms with Crippen LogP contribution in [0.25, 0.3) is 16.9 Å². The molecule has 6 nitrogen and oxygen atoms in total. The normalized spacial score (nSPS) is 14.3. The van der Waals surface area contributed by atoms with Crippen LogP contribution < -0.4 is 10.1 Å². The van der Waals surface area contributed by atoms with Gasteiger partial charge in [-0.2, -0.15) is 5.10 Å². The molecular formula is C26H31N3O3. The van der Waals surface area contributed by atoms with Crippen LogP contribution in [0, 0.1) is 0 Å². The van der Waals surface area contributed by atoms with Gasteiger partial charge in [0.2, 0.25) is 0 Å². The zero-order valence-corrected chi connectivity index (χ0v) is 18.6. The Kier molecular flexibility index (Phi) is 7.56. The van der Waals surface area contributed by atoms with E-state index in [0.717, 1.165) is 30.5 Å². The molecule has 32 heavy (non-hydrogen) atoms. The van der Waals surface area contributed by atoms with Crippen molar-refractivity contribution in [3.63, 3.8) is 0 Å². The average Bonchev–Trinajstić information content (AvgIpc) is 3.30. The van der Waals surface area contributed by atoms with Crippen molar-refractivity contribution in [2.75, 3.05) is 20.3 Å². The molecule has 0 atom stereocenters. The van der Waals surface area contributed by atoms with E-state index >= 15 is 0 Å². The Labute approximate surface area is 189 Å². The molecule has 0 spiro atoms. The smallest absolute Gasteiger partial charge is 0.255 e. The number of amides is 1. The molecule has 168 valence electrons. The number of rotatable bonds is 9. The molecule has 1 fully saturated rings. The summed E-state index contributed by atoms with van der Waals surface area (Å²) < 4.78 is 13.2. The third kappa shape index (κ3) is 5.37. The summed E-state index contributed by atoms with van der Waals surface area (Å²) in [6.45, 7) is 1.24. The second-order valence-corrected chi connectivity index (χ2v) is 8.11. The van der Waals surface area contributed by atoms with E-state index in [9.17, 15) is 4.79 Å². The maximum absolute atomic E-state index is 13.1. The first-order chi connectivity index (χ1) is 15.8. The van der Waals surface area contributed by atoms with Gasteiger partial charge in [-0.15, -0.1) is 0 Å². The quantitative estimate of drug-likeness (QED) is 0.482. The SMILES string of the molecule is COc1ccccc1-c1nn(-c2ccccc2)cc1C(=O)NCCCOC1CCCCC1. The number of aromatic nitrogens is 2. The molecule has 0 unspecified atom stereocenters. The average molecular weight is 434 g/mol. The molecule has 6 heteroatoms. The molecule has 1 aliphatic rings. The molecule has 0 aliphatic heterocycles. The molecule has 1 aliphatic carbocycles. The van der Waals surface area contributed by atoms with Crippen LogP contribution in [-0.2, 0) is 4.74 Å². The number of carbonyl (C=O) groups excluding carboxylic acids is 1. The number of benzene rings is 2. The standard InChI is InChI=1S/C26H31N3O3/c1-31-24-16-9-8-15-22(24)25-23(19-29(28-25)20-11-4-2-5-12-20)26(30)27-17-10-18-32-21-13-6-3-7-14-21/h2,4-5,8-9,11-12,15-16,19,21H,3,6-7,10,13-14,17-18H2,1H3,(H,27,30). The Bertz CT molecular complexity index is 1010. The molecule has 0 saturated heterocycles. The highest BCUT2D eigenvalue weighted by atomic mass is 16.5. The Hall–Kier alpha value is -3.12. The van der Waals surface area contributed by atoms with Gasteiger partial charge in [0, 0.05) is 24.9 Å². The molecule has 3 aromatic rings. The van der Waals surface area contributed by atoms with E-state index in [4.69, 9.17) is 14.6 Å². The van der Waals surface area contributed by atoms with Gasteiger partial charge in [0.1, 0.15) is 11.4 Å². The van der Waals surface area contributed by atoms with E-state index in [0.29, 0.717) is 36.3 Å². The summed E-state index contributed by atoms with van der Waals surface area (Å²) in [5.74, 6) is 0.534. The van der Waals surface area contributed by atoms with Crippen LogP contribution in [0.5, 0.6) is 5.75 Å². The fourth-order valence-corrected chi connectivity index (χ4v) is 4.14. The minimum Gasteiger partial charge on any atom is -0.496 e. The van der Waals surface area contributed by atoms with Crippen LogP contribution in [0.15, 0.2) is 60.8 Å². The molecule has 1 amide bonds. The minimum atomic E-state index is -0.147. The van der Waals surface area contributed by atoms with Crippen molar-refractivity contribution < 1.29 is 14.3 Å². The largest absolute Gasteiger partial charge is 0.496 e. The van der Waals surface area contributed by atoms with Crippen molar-refractivity contribution in [2.24, 2.45) is 0 Å². The first kappa shape index (κ1) is 22.1. The number of nitrogens with zero attached hydrogens (tertiary/aromatic N) is 2. The Balaban J connectivity index is 1.47. The zero-order valence-electron chi connectivity index (χ0n) is 18.6. The Morgan fingerprint density at radius 2 is 1.81 bits per heavy atom. The number of hydrogen-bond donors (Lipinski definition) is 1. The van der Waals surface area contributed by atoms with Crippen LogP contribution in [-0.4, -0.2) is 42.1 Å². The lowest BCUT2D eigenvalue weighted by molar-refractivity contribution is 0.0273. The maximum atomic E-state index is 13.1. The van der Waals surface area contributed by atoms with Gasteiger partial charge in [0.05, 0.1) is 24.5 Å². The van der Waals surface area contributed by atoms with E-state index in [1.807, 2.05) is 54.6 Å². The summed E-state index contributed by atoms with van der Waals surface area (Å²) in [6, 6.07) is 17.4. The third-order valence-electron chi connectivity index (χ3n) is 5.85. The number of ether oxygens (including phenoxy) is 2. The second kappa shape index (κ2) is 11.0. The molecule has 0 bridgehead atoms. The lowest BCUT2D eigenvalue weighted by Gasteiger charge is -2.21. The molecule has 4 rings (SSSR count). The number of hydrogen-bond acceptors (Lipinski definition) is 4. The summed E-state index contributed by atoms with van der Waals surface area (Å²) in [5, 5.41) is 7.77. The molecule has 0 radical (unpaired) electrons. The first-order valence-corrected chi connectivity index (χ1v) is 11.4. The number of nitrogens with one attached hydrogen (secondary N) is 1. The fourth-order valence-electron chi connectivity index (χ4n) is 4.14. The summed E-state index contributed by atoms with van der Waals surface area (Å²) in [4.78, 5) is 13.1. The summed E-state index contributed by atoms with van der Waals surface area (Å²) >= 11 is 0. The van der Waals surface area contributed by atoms with Crippen molar-refractivity contribution in [1.82, 2.24) is 15.1 Å². The summed E-state index contributed by atoms with van der Waals surface area (Å²) in [6.07, 6.45) is 9.13. The van der Waals surface area contributed by atoms with Gasteiger partial charge < -0.3 is 14.8 Å². The van der Waals surface area contributed by atoms with Crippen LogP contribution in [0.1, 0.15) is 48.9 Å². The number of para-hydroxylation sites is 2. The van der Waals surface area contributed by atoms with E-state index in [1.165, 1.54) is 19.3 Å². The third-order valence-corrected chi connectivity index (χ3v) is 5.85. The van der Waals surface area contributed by atoms with Crippen LogP contribution in [0.3, 0.4) is 0 Å². The van der Waals surface area contributed by atoms with E-state index < -0.39 is 0 Å². The Morgan fingerprint density at radius 3 is 2.59 bits per heavy atom. The maximum Gasteiger partial charge on any atom is 0.255 e. The lowest BCUT2D eigenvalue weighted by atomic mass is 9.98. The molecule has 1 saturated carbocycles. The van der Waals surface area contributed by atoms with Crippen molar-refractivity contribution in [2.45, 2.75) is 44.6 Å². The summed E-state index contributed by atoms with van der Waals surface area (Å²) in [7, 11) is 1.62. The molecule has 1 aromatic heterocycles. The highest BCUT2D eigenvalue weighted by Gasteiger charge is 2.21. The second-order valence-electron chi connectivity index (χ2n) is 8.11. The topological polar surface area (TPSA) is 65.4 Å². The van der Waals surface area contributed by atoms with Gasteiger partial charge >= 0.3 is 0 Å². The van der Waals surface area contributed by atoms with Crippen molar-refractivity contribution in [1.29, 1.82) is 0 Å². The summed E-state index contributed by atoms with van der Waals surface area (Å²) in [5.41, 5.74) is 2.80. The van der Waals surface area contributed by atoms with Crippen LogP contribution >= 0.6 is 0 Å². The van der Waals surface area contributed by atoms with Gasteiger partial charge in [-0.3, -0.25) is 4.79 Å². The predicted molar refractivity (Wildman–Crippen MR) is 125 cm³/mol. The minimum absolute atomic E-state index is 0.147. The van der Waals surface area contributed by atoms with E-state index in [1.54, 1.807) is 18.0 Å². The number of carbonyl (C=O) groups is 1. The fraction of sp³-hybridized carbons (Fsp3) is 0.385. The number of methoxy groups -OCH3 is 1. The van der Waals surface area contributed by atoms with Crippen LogP contribution in [0.2, 0.25) is 0 Å². The van der Waals surface area contributed by atoms with E-state index in [2.05, 4.69) is 5.32 Å². The molecular weight excluding hydrogens is 402 g/mol. The van der Waals surface area contributed by atoms with Crippen molar-refractivity contribution >= 4 is 5.91 Å². The lowest BCUT2D eigenvalue weighted by Crippen LogP contribution is -2.26. The van der Waals surface area contributed by atoms with E-state index in [-0.39, 0.29) is 5.91 Å². The van der Waals surface area contributed by atoms with Crippen molar-refractivity contribution in [3.05, 3.63) is 66.4 Å². The van der Waals surface area contributed by atoms with Gasteiger partial charge in [0.15, 0.2) is 0 Å². The van der Waals surface area contributed by atoms with Gasteiger partial charge in [-0.05, 0) is 43.5 Å². The zero-order chi connectivity index (χ0) is 22.2. The van der Waals surface area contributed by atoms with Crippen LogP contribution in [0.4, 0.5) is 0 Å². The monoisotopic (exact) mass is 433 g/mol. The molecule has 1 N–H and O–H groups in total. The van der Waals surface area contributed by atoms with Crippen molar-refractivity contribution in [3.8, 4) is 22.7 Å². The Morgan fingerprint density at radius 1 is 1.06 bits per heavy atom. The highest BCUT2D eigenvalue weighted by molar-refractivity contribution is 6.00. The predicted octanol–water partition coefficient (Wildman–Crippen LogP) is 5.02. The van der Waals surface area contributed by atoms with Gasteiger partial charge in [0.25, 0.3) is 5.91 Å². The molecule has 2 aromatic carbocycles.